The summed E-state index contributed by atoms with van der Waals surface area (Å²) in [6, 6.07) is 1.16. The minimum atomic E-state index is -1.65. The lowest BCUT2D eigenvalue weighted by atomic mass is 9.96. The quantitative estimate of drug-likeness (QED) is 0.474. The molecule has 1 fully saturated rings. The molecule has 0 spiro atoms. The van der Waals surface area contributed by atoms with E-state index in [1.54, 1.807) is 0 Å². The molecular formula is C10H15N3O5. The summed E-state index contributed by atoms with van der Waals surface area (Å²) in [5, 5.41) is 29.1. The fraction of sp³-hybridized carbons (Fsp3) is 0.600. The number of aliphatic hydroxyl groups excluding tert-OH is 2. The Bertz CT molecular complexity index is 501. The fourth-order valence-corrected chi connectivity index (χ4v) is 2.02. The molecule has 0 aromatic carbocycles. The van der Waals surface area contributed by atoms with Crippen molar-refractivity contribution in [2.24, 2.45) is 0 Å². The van der Waals surface area contributed by atoms with E-state index in [1.807, 2.05) is 0 Å². The van der Waals surface area contributed by atoms with E-state index in [0.717, 1.165) is 6.07 Å². The van der Waals surface area contributed by atoms with E-state index in [-0.39, 0.29) is 5.95 Å². The Kier molecular flexibility index (Phi) is 3.11. The van der Waals surface area contributed by atoms with Gasteiger partial charge in [-0.05, 0) is 6.92 Å². The van der Waals surface area contributed by atoms with Crippen LogP contribution in [0.15, 0.2) is 17.1 Å². The zero-order valence-corrected chi connectivity index (χ0v) is 9.72. The predicted octanol–water partition coefficient (Wildman–Crippen LogP) is -2.17. The highest BCUT2D eigenvalue weighted by atomic mass is 16.6. The number of nitrogens with zero attached hydrogens (tertiary/aromatic N) is 2. The molecule has 8 nitrogen and oxygen atoms in total. The Hall–Kier alpha value is -1.48. The summed E-state index contributed by atoms with van der Waals surface area (Å²) in [6.07, 6.45) is -1.91. The number of aromatic nitrogens is 2. The van der Waals surface area contributed by atoms with Gasteiger partial charge in [-0.15, -0.1) is 0 Å². The largest absolute Gasteiger partial charge is 0.394 e. The van der Waals surface area contributed by atoms with Crippen molar-refractivity contribution in [2.75, 3.05) is 12.3 Å². The summed E-state index contributed by atoms with van der Waals surface area (Å²) in [4.78, 5) is 14.5. The Labute approximate surface area is 102 Å². The van der Waals surface area contributed by atoms with Crippen molar-refractivity contribution < 1.29 is 20.1 Å². The normalized spacial score (nSPS) is 35.9. The van der Waals surface area contributed by atoms with Gasteiger partial charge >= 0.3 is 0 Å². The van der Waals surface area contributed by atoms with Gasteiger partial charge in [0.15, 0.2) is 6.23 Å². The minimum absolute atomic E-state index is 0.140. The van der Waals surface area contributed by atoms with Gasteiger partial charge in [-0.2, -0.15) is 4.98 Å². The maximum absolute atomic E-state index is 11.0. The number of hydrogen-bond donors (Lipinski definition) is 4. The Morgan fingerprint density at radius 3 is 2.83 bits per heavy atom. The topological polar surface area (TPSA) is 131 Å². The second-order valence-corrected chi connectivity index (χ2v) is 4.41. The molecule has 5 N–H and O–H groups in total. The molecule has 1 aliphatic rings. The molecule has 0 bridgehead atoms. The molecule has 3 unspecified atom stereocenters. The summed E-state index contributed by atoms with van der Waals surface area (Å²) in [6.45, 7) is 0.914. The summed E-state index contributed by atoms with van der Waals surface area (Å²) in [5.41, 5.74) is 3.40. The first-order chi connectivity index (χ1) is 8.37. The summed E-state index contributed by atoms with van der Waals surface area (Å²) >= 11 is 0. The van der Waals surface area contributed by atoms with E-state index in [0.29, 0.717) is 0 Å². The second-order valence-electron chi connectivity index (χ2n) is 4.41. The van der Waals surface area contributed by atoms with Crippen molar-refractivity contribution >= 4 is 5.95 Å². The molecule has 2 rings (SSSR count). The average Bonchev–Trinajstić information content (AvgIpc) is 2.52. The molecule has 1 aromatic heterocycles. The third-order valence-corrected chi connectivity index (χ3v) is 3.05. The van der Waals surface area contributed by atoms with E-state index in [4.69, 9.17) is 15.6 Å². The average molecular weight is 257 g/mol. The molecule has 0 saturated carbocycles. The van der Waals surface area contributed by atoms with Gasteiger partial charge in [0.2, 0.25) is 5.95 Å². The fourth-order valence-electron chi connectivity index (χ4n) is 2.02. The third kappa shape index (κ3) is 1.89. The number of aliphatic hydroxyl groups is 3. The number of hydrogen-bond acceptors (Lipinski definition) is 7. The van der Waals surface area contributed by atoms with Gasteiger partial charge in [-0.3, -0.25) is 9.36 Å². The van der Waals surface area contributed by atoms with Crippen molar-refractivity contribution in [3.05, 3.63) is 22.6 Å². The monoisotopic (exact) mass is 257 g/mol. The van der Waals surface area contributed by atoms with E-state index in [2.05, 4.69) is 4.98 Å². The Morgan fingerprint density at radius 1 is 1.67 bits per heavy atom. The van der Waals surface area contributed by atoms with Gasteiger partial charge in [-0.1, -0.05) is 0 Å². The Morgan fingerprint density at radius 2 is 2.33 bits per heavy atom. The van der Waals surface area contributed by atoms with Gasteiger partial charge in [0.05, 0.1) is 6.61 Å². The molecular weight excluding hydrogens is 242 g/mol. The predicted molar refractivity (Wildman–Crippen MR) is 60.5 cm³/mol. The minimum Gasteiger partial charge on any atom is -0.394 e. The highest BCUT2D eigenvalue weighted by molar-refractivity contribution is 5.19. The second kappa shape index (κ2) is 4.32. The lowest BCUT2D eigenvalue weighted by Gasteiger charge is -2.28. The molecule has 0 amide bonds. The van der Waals surface area contributed by atoms with Crippen LogP contribution < -0.4 is 11.3 Å². The standard InChI is InChI=1S/C10H15N3O5/c1-10(17)7(16)5(4-14)18-8(10)13-3-2-6(15)12-9(13)11/h2-3,5,7-8,14,16-17H,4H2,1H3,(H2,11,12,15)/t5?,7?,8?,10-/m1/s1. The lowest BCUT2D eigenvalue weighted by molar-refractivity contribution is -0.0961. The molecule has 2 heterocycles. The van der Waals surface area contributed by atoms with Crippen LogP contribution in [0.25, 0.3) is 0 Å². The van der Waals surface area contributed by atoms with E-state index in [9.17, 15) is 15.0 Å². The van der Waals surface area contributed by atoms with Crippen LogP contribution >= 0.6 is 0 Å². The Balaban J connectivity index is 2.42. The molecule has 18 heavy (non-hydrogen) atoms. The highest BCUT2D eigenvalue weighted by Crippen LogP contribution is 2.38. The van der Waals surface area contributed by atoms with E-state index >= 15 is 0 Å². The molecule has 8 heteroatoms. The molecule has 0 radical (unpaired) electrons. The molecule has 100 valence electrons. The number of nitrogen functional groups attached to an aromatic ring is 1. The first kappa shape index (κ1) is 13.0. The summed E-state index contributed by atoms with van der Waals surface area (Å²) < 4.78 is 6.57. The highest BCUT2D eigenvalue weighted by Gasteiger charge is 2.53. The van der Waals surface area contributed by atoms with Crippen LogP contribution in [0.4, 0.5) is 5.95 Å². The molecule has 4 atom stereocenters. The number of ether oxygens (including phenoxy) is 1. The van der Waals surface area contributed by atoms with Crippen LogP contribution in [0.2, 0.25) is 0 Å². The lowest BCUT2D eigenvalue weighted by Crippen LogP contribution is -2.44. The van der Waals surface area contributed by atoms with Gasteiger partial charge in [0, 0.05) is 12.3 Å². The van der Waals surface area contributed by atoms with Crippen molar-refractivity contribution in [3.63, 3.8) is 0 Å². The molecule has 1 saturated heterocycles. The van der Waals surface area contributed by atoms with Crippen LogP contribution in [0.3, 0.4) is 0 Å². The first-order valence-corrected chi connectivity index (χ1v) is 5.39. The van der Waals surface area contributed by atoms with Crippen LogP contribution in [-0.2, 0) is 4.74 Å². The molecule has 0 aliphatic carbocycles. The number of rotatable bonds is 2. The summed E-state index contributed by atoms with van der Waals surface area (Å²) in [7, 11) is 0. The van der Waals surface area contributed by atoms with Gasteiger partial charge in [0.1, 0.15) is 17.8 Å². The zero-order chi connectivity index (χ0) is 13.5. The molecule has 1 aliphatic heterocycles. The van der Waals surface area contributed by atoms with Crippen LogP contribution in [0.5, 0.6) is 0 Å². The third-order valence-electron chi connectivity index (χ3n) is 3.05. The van der Waals surface area contributed by atoms with E-state index < -0.39 is 36.2 Å². The van der Waals surface area contributed by atoms with E-state index in [1.165, 1.54) is 17.7 Å². The maximum atomic E-state index is 11.0. The van der Waals surface area contributed by atoms with Crippen molar-refractivity contribution in [1.82, 2.24) is 9.55 Å². The van der Waals surface area contributed by atoms with Crippen LogP contribution in [0.1, 0.15) is 13.2 Å². The number of anilines is 1. The van der Waals surface area contributed by atoms with Gasteiger partial charge < -0.3 is 25.8 Å². The first-order valence-electron chi connectivity index (χ1n) is 5.39. The van der Waals surface area contributed by atoms with Gasteiger partial charge in [0.25, 0.3) is 5.56 Å². The van der Waals surface area contributed by atoms with Crippen LogP contribution in [0, 0.1) is 0 Å². The SMILES string of the molecule is C[C@@]1(O)C(O)C(CO)OC1n1ccc(=O)nc1N. The number of nitrogens with two attached hydrogens (primary N) is 1. The smallest absolute Gasteiger partial charge is 0.274 e. The molecule has 1 aromatic rings. The zero-order valence-electron chi connectivity index (χ0n) is 9.72. The maximum Gasteiger partial charge on any atom is 0.274 e. The van der Waals surface area contributed by atoms with Crippen LogP contribution in [-0.4, -0.2) is 49.3 Å². The van der Waals surface area contributed by atoms with Crippen molar-refractivity contribution in [1.29, 1.82) is 0 Å². The van der Waals surface area contributed by atoms with Crippen molar-refractivity contribution in [3.8, 4) is 0 Å². The summed E-state index contributed by atoms with van der Waals surface area (Å²) in [5.74, 6) is -0.140. The van der Waals surface area contributed by atoms with Gasteiger partial charge in [-0.25, -0.2) is 0 Å². The van der Waals surface area contributed by atoms with Crippen molar-refractivity contribution in [2.45, 2.75) is 31.0 Å².